The summed E-state index contributed by atoms with van der Waals surface area (Å²) in [5.74, 6) is -0.812. The van der Waals surface area contributed by atoms with Gasteiger partial charge < -0.3 is 14.8 Å². The number of halogens is 2. The van der Waals surface area contributed by atoms with Gasteiger partial charge in [0, 0.05) is 32.6 Å². The molecule has 20 heavy (non-hydrogen) atoms. The molecule has 0 aliphatic carbocycles. The average molecular weight is 280 g/mol. The number of amides is 2. The Bertz CT molecular complexity index is 627. The normalized spacial score (nSPS) is 10.4. The number of nitrogens with one attached hydrogen (secondary N) is 1. The van der Waals surface area contributed by atoms with Gasteiger partial charge in [-0.05, 0) is 12.1 Å². The van der Waals surface area contributed by atoms with Crippen molar-refractivity contribution in [1.82, 2.24) is 14.5 Å². The summed E-state index contributed by atoms with van der Waals surface area (Å²) in [6.07, 6.45) is 3.39. The highest BCUT2D eigenvalue weighted by Crippen LogP contribution is 2.15. The van der Waals surface area contributed by atoms with Crippen molar-refractivity contribution in [3.8, 4) is 0 Å². The number of hydrogen-bond acceptors (Lipinski definition) is 2. The monoisotopic (exact) mass is 280 g/mol. The molecule has 0 spiro atoms. The second-order valence-electron chi connectivity index (χ2n) is 4.36. The van der Waals surface area contributed by atoms with E-state index in [2.05, 4.69) is 10.3 Å². The van der Waals surface area contributed by atoms with Crippen molar-refractivity contribution in [2.45, 2.75) is 6.54 Å². The van der Waals surface area contributed by atoms with Gasteiger partial charge in [-0.3, -0.25) is 0 Å². The minimum atomic E-state index is -0.816. The first-order valence-electron chi connectivity index (χ1n) is 5.90. The van der Waals surface area contributed by atoms with Gasteiger partial charge in [0.25, 0.3) is 0 Å². The molecule has 0 unspecified atom stereocenters. The summed E-state index contributed by atoms with van der Waals surface area (Å²) in [4.78, 5) is 17.3. The number of hydrogen-bond donors (Lipinski definition) is 1. The van der Waals surface area contributed by atoms with E-state index in [0.29, 0.717) is 11.9 Å². The van der Waals surface area contributed by atoms with Crippen LogP contribution in [0.5, 0.6) is 0 Å². The fraction of sp³-hybridized carbons (Fsp3) is 0.231. The van der Waals surface area contributed by atoms with Crippen molar-refractivity contribution < 1.29 is 13.6 Å². The van der Waals surface area contributed by atoms with Crippen LogP contribution in [0.25, 0.3) is 0 Å². The molecule has 2 aromatic rings. The third-order valence-corrected chi connectivity index (χ3v) is 2.82. The predicted octanol–water partition coefficient (Wildman–Crippen LogP) is 2.36. The van der Waals surface area contributed by atoms with E-state index in [1.807, 2.05) is 7.05 Å². The zero-order valence-corrected chi connectivity index (χ0v) is 11.1. The summed E-state index contributed by atoms with van der Waals surface area (Å²) < 4.78 is 28.0. The van der Waals surface area contributed by atoms with Crippen LogP contribution >= 0.6 is 0 Å². The van der Waals surface area contributed by atoms with E-state index in [-0.39, 0.29) is 12.2 Å². The van der Waals surface area contributed by atoms with Crippen molar-refractivity contribution in [2.75, 3.05) is 12.4 Å². The lowest BCUT2D eigenvalue weighted by Gasteiger charge is -2.18. The average Bonchev–Trinajstić information content (AvgIpc) is 2.78. The molecule has 0 atom stereocenters. The SMILES string of the molecule is CN(Cc1nccn1C)C(=O)Nc1ccc(F)cc1F. The smallest absolute Gasteiger partial charge is 0.322 e. The van der Waals surface area contributed by atoms with Crippen LogP contribution in [0.3, 0.4) is 0 Å². The fourth-order valence-corrected chi connectivity index (χ4v) is 1.63. The Balaban J connectivity index is 2.02. The number of benzene rings is 1. The molecular weight excluding hydrogens is 266 g/mol. The molecule has 1 aromatic carbocycles. The highest BCUT2D eigenvalue weighted by atomic mass is 19.1. The Hall–Kier alpha value is -2.44. The van der Waals surface area contributed by atoms with Crippen LogP contribution < -0.4 is 5.32 Å². The number of nitrogens with zero attached hydrogens (tertiary/aromatic N) is 3. The number of aromatic nitrogens is 2. The molecule has 7 heteroatoms. The maximum Gasteiger partial charge on any atom is 0.322 e. The molecule has 2 amide bonds. The molecule has 0 bridgehead atoms. The Kier molecular flexibility index (Phi) is 3.97. The summed E-state index contributed by atoms with van der Waals surface area (Å²) in [5.41, 5.74) is -0.0666. The first-order valence-corrected chi connectivity index (χ1v) is 5.90. The number of carbonyl (C=O) groups excluding carboxylic acids is 1. The molecule has 5 nitrogen and oxygen atoms in total. The van der Waals surface area contributed by atoms with Gasteiger partial charge in [0.15, 0.2) is 0 Å². The highest BCUT2D eigenvalue weighted by Gasteiger charge is 2.13. The van der Waals surface area contributed by atoms with Crippen molar-refractivity contribution in [1.29, 1.82) is 0 Å². The molecule has 0 aliphatic rings. The second kappa shape index (κ2) is 5.68. The quantitative estimate of drug-likeness (QED) is 0.938. The van der Waals surface area contributed by atoms with Crippen LogP contribution in [-0.2, 0) is 13.6 Å². The van der Waals surface area contributed by atoms with E-state index >= 15 is 0 Å². The van der Waals surface area contributed by atoms with Crippen LogP contribution in [-0.4, -0.2) is 27.5 Å². The van der Waals surface area contributed by atoms with Crippen molar-refractivity contribution in [2.24, 2.45) is 7.05 Å². The minimum absolute atomic E-state index is 0.0666. The van der Waals surface area contributed by atoms with Crippen molar-refractivity contribution in [3.63, 3.8) is 0 Å². The Labute approximate surface area is 114 Å². The third-order valence-electron chi connectivity index (χ3n) is 2.82. The molecular formula is C13H14F2N4O. The predicted molar refractivity (Wildman–Crippen MR) is 70.1 cm³/mol. The van der Waals surface area contributed by atoms with E-state index in [4.69, 9.17) is 0 Å². The minimum Gasteiger partial charge on any atom is -0.337 e. The molecule has 106 valence electrons. The Morgan fingerprint density at radius 1 is 1.45 bits per heavy atom. The molecule has 0 saturated heterocycles. The number of urea groups is 1. The van der Waals surface area contributed by atoms with Gasteiger partial charge in [-0.25, -0.2) is 18.6 Å². The van der Waals surface area contributed by atoms with Crippen molar-refractivity contribution in [3.05, 3.63) is 48.1 Å². The van der Waals surface area contributed by atoms with Crippen LogP contribution in [0.15, 0.2) is 30.6 Å². The van der Waals surface area contributed by atoms with Gasteiger partial charge >= 0.3 is 6.03 Å². The zero-order chi connectivity index (χ0) is 14.7. The number of aryl methyl sites for hydroxylation is 1. The molecule has 0 aliphatic heterocycles. The molecule has 1 heterocycles. The van der Waals surface area contributed by atoms with Crippen molar-refractivity contribution >= 4 is 11.7 Å². The fourth-order valence-electron chi connectivity index (χ4n) is 1.63. The van der Waals surface area contributed by atoms with Gasteiger partial charge in [0.1, 0.15) is 17.5 Å². The van der Waals surface area contributed by atoms with Crippen LogP contribution in [0, 0.1) is 11.6 Å². The van der Waals surface area contributed by atoms with E-state index < -0.39 is 17.7 Å². The maximum absolute atomic E-state index is 13.4. The first kappa shape index (κ1) is 14.0. The molecule has 0 saturated carbocycles. The van der Waals surface area contributed by atoms with E-state index in [1.165, 1.54) is 11.0 Å². The van der Waals surface area contributed by atoms with Gasteiger partial charge in [-0.1, -0.05) is 0 Å². The topological polar surface area (TPSA) is 50.2 Å². The van der Waals surface area contributed by atoms with Crippen LogP contribution in [0.2, 0.25) is 0 Å². The molecule has 2 rings (SSSR count). The Morgan fingerprint density at radius 2 is 2.20 bits per heavy atom. The first-order chi connectivity index (χ1) is 9.47. The van der Waals surface area contributed by atoms with Gasteiger partial charge in [-0.15, -0.1) is 0 Å². The second-order valence-corrected chi connectivity index (χ2v) is 4.36. The summed E-state index contributed by atoms with van der Waals surface area (Å²) >= 11 is 0. The summed E-state index contributed by atoms with van der Waals surface area (Å²) in [7, 11) is 3.37. The number of anilines is 1. The summed E-state index contributed by atoms with van der Waals surface area (Å²) in [6.45, 7) is 0.276. The zero-order valence-electron chi connectivity index (χ0n) is 11.1. The van der Waals surface area contributed by atoms with Crippen LogP contribution in [0.4, 0.5) is 19.3 Å². The van der Waals surface area contributed by atoms with E-state index in [0.717, 1.165) is 6.07 Å². The molecule has 1 aromatic heterocycles. The molecule has 0 fully saturated rings. The largest absolute Gasteiger partial charge is 0.337 e. The standard InChI is InChI=1S/C13H14F2N4O/c1-18-6-5-16-12(18)8-19(2)13(20)17-11-4-3-9(14)7-10(11)15/h3-7H,8H2,1-2H3,(H,17,20). The van der Waals surface area contributed by atoms with E-state index in [1.54, 1.807) is 24.0 Å². The molecule has 0 radical (unpaired) electrons. The van der Waals surface area contributed by atoms with Gasteiger partial charge in [0.2, 0.25) is 0 Å². The van der Waals surface area contributed by atoms with Crippen LogP contribution in [0.1, 0.15) is 5.82 Å². The van der Waals surface area contributed by atoms with Gasteiger partial charge in [0.05, 0.1) is 12.2 Å². The highest BCUT2D eigenvalue weighted by molar-refractivity contribution is 5.89. The van der Waals surface area contributed by atoms with E-state index in [9.17, 15) is 13.6 Å². The number of rotatable bonds is 3. The number of imidazole rings is 1. The lowest BCUT2D eigenvalue weighted by molar-refractivity contribution is 0.219. The molecule has 1 N–H and O–H groups in total. The summed E-state index contributed by atoms with van der Waals surface area (Å²) in [5, 5.41) is 2.38. The number of carbonyl (C=O) groups is 1. The third kappa shape index (κ3) is 3.11. The maximum atomic E-state index is 13.4. The lowest BCUT2D eigenvalue weighted by Crippen LogP contribution is -2.32. The summed E-state index contributed by atoms with van der Waals surface area (Å²) in [6, 6.07) is 2.47. The van der Waals surface area contributed by atoms with Gasteiger partial charge in [-0.2, -0.15) is 0 Å². The lowest BCUT2D eigenvalue weighted by atomic mass is 10.3. The Morgan fingerprint density at radius 3 is 2.80 bits per heavy atom.